The summed E-state index contributed by atoms with van der Waals surface area (Å²) in [7, 11) is -4.27. The first kappa shape index (κ1) is 18.2. The number of halogens is 4. The van der Waals surface area contributed by atoms with Gasteiger partial charge >= 0.3 is 6.18 Å². The van der Waals surface area contributed by atoms with Gasteiger partial charge in [0.25, 0.3) is 0 Å². The van der Waals surface area contributed by atoms with Gasteiger partial charge in [-0.15, -0.1) is 0 Å². The van der Waals surface area contributed by atoms with Crippen LogP contribution in [0.2, 0.25) is 5.02 Å². The molecule has 0 saturated heterocycles. The monoisotopic (exact) mass is 344 g/mol. The predicted molar refractivity (Wildman–Crippen MR) is 74.8 cm³/mol. The van der Waals surface area contributed by atoms with Gasteiger partial charge in [-0.2, -0.15) is 13.2 Å². The minimum Gasteiger partial charge on any atom is -0.313 e. The van der Waals surface area contributed by atoms with Crippen molar-refractivity contribution in [3.05, 3.63) is 28.8 Å². The molecular weight excluding hydrogens is 329 g/mol. The van der Waals surface area contributed by atoms with Gasteiger partial charge in [0.2, 0.25) is 10.0 Å². The number of benzene rings is 1. The number of alkyl halides is 3. The van der Waals surface area contributed by atoms with Gasteiger partial charge in [-0.05, 0) is 31.7 Å². The molecule has 0 bridgehead atoms. The summed E-state index contributed by atoms with van der Waals surface area (Å²) in [4.78, 5) is -0.830. The minimum absolute atomic E-state index is 0.0178. The highest BCUT2D eigenvalue weighted by Gasteiger charge is 2.37. The van der Waals surface area contributed by atoms with Gasteiger partial charge in [0.05, 0.1) is 10.5 Å². The number of hydrogen-bond donors (Lipinski definition) is 2. The van der Waals surface area contributed by atoms with Crippen LogP contribution in [0.25, 0.3) is 0 Å². The molecule has 1 atom stereocenters. The zero-order chi connectivity index (χ0) is 16.3. The summed E-state index contributed by atoms with van der Waals surface area (Å²) in [6, 6.07) is 2.36. The molecule has 0 aliphatic rings. The van der Waals surface area contributed by atoms with Crippen molar-refractivity contribution in [1.29, 1.82) is 0 Å². The largest absolute Gasteiger partial charge is 0.417 e. The Morgan fingerprint density at radius 2 is 1.95 bits per heavy atom. The quantitative estimate of drug-likeness (QED) is 0.834. The molecule has 0 aliphatic carbocycles. The van der Waals surface area contributed by atoms with Crippen LogP contribution in [0.15, 0.2) is 23.1 Å². The van der Waals surface area contributed by atoms with Crippen molar-refractivity contribution in [2.45, 2.75) is 31.0 Å². The molecule has 0 spiro atoms. The highest BCUT2D eigenvalue weighted by atomic mass is 35.5. The summed E-state index contributed by atoms with van der Waals surface area (Å²) < 4.78 is 65.0. The molecule has 0 amide bonds. The molecule has 0 aliphatic heterocycles. The lowest BCUT2D eigenvalue weighted by molar-refractivity contribution is -0.139. The third kappa shape index (κ3) is 5.14. The molecule has 21 heavy (non-hydrogen) atoms. The maximum Gasteiger partial charge on any atom is 0.417 e. The van der Waals surface area contributed by atoms with Crippen molar-refractivity contribution in [2.24, 2.45) is 0 Å². The lowest BCUT2D eigenvalue weighted by atomic mass is 10.2. The number of sulfonamides is 1. The molecule has 0 fully saturated rings. The van der Waals surface area contributed by atoms with Crippen molar-refractivity contribution < 1.29 is 21.6 Å². The van der Waals surface area contributed by atoms with E-state index in [0.717, 1.165) is 12.1 Å². The second kappa shape index (κ2) is 6.95. The van der Waals surface area contributed by atoms with Crippen LogP contribution in [-0.4, -0.2) is 27.5 Å². The summed E-state index contributed by atoms with van der Waals surface area (Å²) in [6.45, 7) is 4.16. The Hall–Kier alpha value is -0.830. The average Bonchev–Trinajstić information content (AvgIpc) is 2.35. The lowest BCUT2D eigenvalue weighted by Crippen LogP contribution is -2.39. The van der Waals surface area contributed by atoms with E-state index in [2.05, 4.69) is 10.0 Å². The number of likely N-dealkylation sites (N-methyl/N-ethyl adjacent to an activating group) is 1. The first-order chi connectivity index (χ1) is 9.58. The van der Waals surface area contributed by atoms with Gasteiger partial charge in [0, 0.05) is 17.6 Å². The molecular formula is C12H16ClF3N2O2S. The first-order valence-electron chi connectivity index (χ1n) is 6.17. The predicted octanol–water partition coefficient (Wildman–Crippen LogP) is 2.64. The van der Waals surface area contributed by atoms with E-state index in [1.54, 1.807) is 6.92 Å². The molecule has 0 aromatic heterocycles. The van der Waals surface area contributed by atoms with E-state index in [1.807, 2.05) is 6.92 Å². The Morgan fingerprint density at radius 3 is 2.48 bits per heavy atom. The first-order valence-corrected chi connectivity index (χ1v) is 8.04. The second-order valence-electron chi connectivity index (χ2n) is 4.45. The highest BCUT2D eigenvalue weighted by molar-refractivity contribution is 7.89. The molecule has 1 aromatic rings. The Morgan fingerprint density at radius 1 is 1.33 bits per heavy atom. The summed E-state index contributed by atoms with van der Waals surface area (Å²) >= 11 is 5.52. The van der Waals surface area contributed by atoms with Crippen molar-refractivity contribution in [3.8, 4) is 0 Å². The maximum absolute atomic E-state index is 12.9. The van der Waals surface area contributed by atoms with Gasteiger partial charge in [-0.1, -0.05) is 18.5 Å². The van der Waals surface area contributed by atoms with E-state index in [-0.39, 0.29) is 17.6 Å². The lowest BCUT2D eigenvalue weighted by Gasteiger charge is -2.16. The standard InChI is InChI=1S/C12H16ClF3N2O2S/c1-3-17-8(2)7-18-21(19,20)11-5-4-9(13)6-10(11)12(14,15)16/h4-6,8,17-18H,3,7H2,1-2H3/t8-/m1/s1. The maximum atomic E-state index is 12.9. The fourth-order valence-corrected chi connectivity index (χ4v) is 3.20. The van der Waals surface area contributed by atoms with Crippen LogP contribution in [-0.2, 0) is 16.2 Å². The zero-order valence-corrected chi connectivity index (χ0v) is 13.0. The van der Waals surface area contributed by atoms with Crippen molar-refractivity contribution in [3.63, 3.8) is 0 Å². The van der Waals surface area contributed by atoms with Crippen LogP contribution < -0.4 is 10.0 Å². The van der Waals surface area contributed by atoms with Gasteiger partial charge in [-0.3, -0.25) is 0 Å². The summed E-state index contributed by atoms with van der Waals surface area (Å²) in [5.74, 6) is 0. The van der Waals surface area contributed by atoms with E-state index in [4.69, 9.17) is 11.6 Å². The van der Waals surface area contributed by atoms with Crippen LogP contribution >= 0.6 is 11.6 Å². The van der Waals surface area contributed by atoms with Crippen LogP contribution in [0, 0.1) is 0 Å². The Bertz CT molecular complexity index is 591. The minimum atomic E-state index is -4.80. The molecule has 4 nitrogen and oxygen atoms in total. The van der Waals surface area contributed by atoms with E-state index < -0.39 is 26.7 Å². The summed E-state index contributed by atoms with van der Waals surface area (Å²) in [6.07, 6.45) is -4.80. The Balaban J connectivity index is 3.09. The van der Waals surface area contributed by atoms with E-state index in [9.17, 15) is 21.6 Å². The van der Waals surface area contributed by atoms with E-state index in [0.29, 0.717) is 12.6 Å². The second-order valence-corrected chi connectivity index (χ2v) is 6.62. The third-order valence-electron chi connectivity index (χ3n) is 2.67. The molecule has 0 unspecified atom stereocenters. The van der Waals surface area contributed by atoms with Gasteiger partial charge in [-0.25, -0.2) is 13.1 Å². The molecule has 9 heteroatoms. The molecule has 0 saturated carbocycles. The van der Waals surface area contributed by atoms with E-state index in [1.165, 1.54) is 0 Å². The number of rotatable bonds is 6. The fourth-order valence-electron chi connectivity index (χ4n) is 1.69. The van der Waals surface area contributed by atoms with Crippen molar-refractivity contribution in [1.82, 2.24) is 10.0 Å². The molecule has 0 heterocycles. The normalized spacial score (nSPS) is 14.2. The summed E-state index contributed by atoms with van der Waals surface area (Å²) in [5.41, 5.74) is -1.28. The highest BCUT2D eigenvalue weighted by Crippen LogP contribution is 2.35. The van der Waals surface area contributed by atoms with Crippen LogP contribution in [0.3, 0.4) is 0 Å². The van der Waals surface area contributed by atoms with Gasteiger partial charge in [0.1, 0.15) is 0 Å². The molecule has 2 N–H and O–H groups in total. The molecule has 1 rings (SSSR count). The fraction of sp³-hybridized carbons (Fsp3) is 0.500. The Kier molecular flexibility index (Phi) is 6.03. The van der Waals surface area contributed by atoms with Crippen LogP contribution in [0.4, 0.5) is 13.2 Å². The zero-order valence-electron chi connectivity index (χ0n) is 11.5. The SMILES string of the molecule is CCN[C@H](C)CNS(=O)(=O)c1ccc(Cl)cc1C(F)(F)F. The third-order valence-corrected chi connectivity index (χ3v) is 4.39. The number of hydrogen-bond acceptors (Lipinski definition) is 3. The Labute approximate surface area is 126 Å². The number of nitrogens with one attached hydrogen (secondary N) is 2. The van der Waals surface area contributed by atoms with Crippen molar-refractivity contribution >= 4 is 21.6 Å². The molecule has 1 aromatic carbocycles. The molecule has 120 valence electrons. The van der Waals surface area contributed by atoms with Crippen molar-refractivity contribution in [2.75, 3.05) is 13.1 Å². The average molecular weight is 345 g/mol. The van der Waals surface area contributed by atoms with E-state index >= 15 is 0 Å². The smallest absolute Gasteiger partial charge is 0.313 e. The van der Waals surface area contributed by atoms with Gasteiger partial charge in [0.15, 0.2) is 0 Å². The van der Waals surface area contributed by atoms with Crippen LogP contribution in [0.1, 0.15) is 19.4 Å². The summed E-state index contributed by atoms with van der Waals surface area (Å²) in [5, 5.41) is 2.77. The topological polar surface area (TPSA) is 58.2 Å². The van der Waals surface area contributed by atoms with Gasteiger partial charge < -0.3 is 5.32 Å². The van der Waals surface area contributed by atoms with Crippen LogP contribution in [0.5, 0.6) is 0 Å². The molecule has 0 radical (unpaired) electrons.